The Bertz CT molecular complexity index is 980. The quantitative estimate of drug-likeness (QED) is 0.613. The third kappa shape index (κ3) is 4.15. The number of aromatic nitrogens is 3. The lowest BCUT2D eigenvalue weighted by Crippen LogP contribution is -2.26. The highest BCUT2D eigenvalue weighted by Crippen LogP contribution is 2.15. The molecule has 0 atom stereocenters. The van der Waals surface area contributed by atoms with Crippen LogP contribution < -0.4 is 4.72 Å². The van der Waals surface area contributed by atoms with E-state index in [1.165, 1.54) is 42.7 Å². The molecule has 2 aromatic heterocycles. The Hall–Kier alpha value is -2.56. The summed E-state index contributed by atoms with van der Waals surface area (Å²) in [5, 5.41) is 6.70. The highest BCUT2D eigenvalue weighted by atomic mass is 32.2. The molecular formula is C16H16N4O4S2. The van der Waals surface area contributed by atoms with Gasteiger partial charge in [0, 0.05) is 30.7 Å². The molecule has 10 heteroatoms. The molecule has 3 rings (SSSR count). The molecule has 0 saturated carbocycles. The van der Waals surface area contributed by atoms with Crippen molar-refractivity contribution in [2.45, 2.75) is 11.3 Å². The highest BCUT2D eigenvalue weighted by molar-refractivity contribution is 7.89. The zero-order chi connectivity index (χ0) is 18.6. The zero-order valence-corrected chi connectivity index (χ0v) is 15.5. The lowest BCUT2D eigenvalue weighted by Gasteiger charge is -2.06. The van der Waals surface area contributed by atoms with Crippen LogP contribution in [0.2, 0.25) is 0 Å². The smallest absolute Gasteiger partial charge is 0.337 e. The van der Waals surface area contributed by atoms with Gasteiger partial charge in [0.2, 0.25) is 15.2 Å². The number of ether oxygens (including phenoxy) is 1. The summed E-state index contributed by atoms with van der Waals surface area (Å²) in [5.74, 6) is -0.515. The minimum atomic E-state index is -3.66. The minimum Gasteiger partial charge on any atom is -0.465 e. The molecule has 3 aromatic rings. The van der Waals surface area contributed by atoms with Gasteiger partial charge >= 0.3 is 5.97 Å². The monoisotopic (exact) mass is 392 g/mol. The number of esters is 1. The second-order valence-corrected chi connectivity index (χ2v) is 7.84. The average Bonchev–Trinajstić information content (AvgIpc) is 3.32. The normalized spacial score (nSPS) is 11.4. The summed E-state index contributed by atoms with van der Waals surface area (Å²) < 4.78 is 33.4. The number of thiazole rings is 1. The molecule has 0 amide bonds. The van der Waals surface area contributed by atoms with Gasteiger partial charge in [0.15, 0.2) is 0 Å². The fraction of sp³-hybridized carbons (Fsp3) is 0.188. The predicted molar refractivity (Wildman–Crippen MR) is 95.9 cm³/mol. The molecule has 0 aliphatic carbocycles. The van der Waals surface area contributed by atoms with Crippen LogP contribution in [0.3, 0.4) is 0 Å². The maximum Gasteiger partial charge on any atom is 0.337 e. The summed E-state index contributed by atoms with van der Waals surface area (Å²) in [4.78, 5) is 15.9. The highest BCUT2D eigenvalue weighted by Gasteiger charge is 2.15. The SMILES string of the molecule is COC(=O)c1ccc(S(=O)(=O)NCCc2csc(-n3cccn3)n2)cc1. The number of sulfonamides is 1. The maximum atomic E-state index is 12.3. The maximum absolute atomic E-state index is 12.3. The van der Waals surface area contributed by atoms with Crippen LogP contribution in [0.25, 0.3) is 5.13 Å². The minimum absolute atomic E-state index is 0.0839. The van der Waals surface area contributed by atoms with Gasteiger partial charge in [-0.15, -0.1) is 11.3 Å². The van der Waals surface area contributed by atoms with E-state index < -0.39 is 16.0 Å². The van der Waals surface area contributed by atoms with E-state index in [0.29, 0.717) is 12.0 Å². The molecule has 0 radical (unpaired) electrons. The van der Waals surface area contributed by atoms with E-state index in [9.17, 15) is 13.2 Å². The van der Waals surface area contributed by atoms with Gasteiger partial charge in [-0.05, 0) is 30.3 Å². The van der Waals surface area contributed by atoms with Gasteiger partial charge in [0.05, 0.1) is 23.3 Å². The fourth-order valence-electron chi connectivity index (χ4n) is 2.18. The molecule has 0 bridgehead atoms. The summed E-state index contributed by atoms with van der Waals surface area (Å²) in [6, 6.07) is 7.37. The molecule has 1 aromatic carbocycles. The van der Waals surface area contributed by atoms with Crippen molar-refractivity contribution in [3.63, 3.8) is 0 Å². The predicted octanol–water partition coefficient (Wildman–Crippen LogP) is 1.64. The van der Waals surface area contributed by atoms with E-state index >= 15 is 0 Å². The van der Waals surface area contributed by atoms with Crippen molar-refractivity contribution in [1.29, 1.82) is 0 Å². The van der Waals surface area contributed by atoms with Gasteiger partial charge in [0.1, 0.15) is 0 Å². The van der Waals surface area contributed by atoms with Gasteiger partial charge in [0.25, 0.3) is 0 Å². The molecule has 26 heavy (non-hydrogen) atoms. The topological polar surface area (TPSA) is 103 Å². The van der Waals surface area contributed by atoms with Crippen molar-refractivity contribution >= 4 is 27.3 Å². The molecular weight excluding hydrogens is 376 g/mol. The second kappa shape index (κ2) is 7.77. The number of hydrogen-bond donors (Lipinski definition) is 1. The third-order valence-corrected chi connectivity index (χ3v) is 5.85. The summed E-state index contributed by atoms with van der Waals surface area (Å²) in [6.45, 7) is 0.212. The van der Waals surface area contributed by atoms with Crippen LogP contribution in [0.15, 0.2) is 53.0 Å². The van der Waals surface area contributed by atoms with Gasteiger partial charge < -0.3 is 4.74 Å². The Morgan fingerprint density at radius 3 is 2.73 bits per heavy atom. The lowest BCUT2D eigenvalue weighted by molar-refractivity contribution is 0.0600. The van der Waals surface area contributed by atoms with Gasteiger partial charge in [-0.3, -0.25) is 0 Å². The summed E-state index contributed by atoms with van der Waals surface area (Å²) in [7, 11) is -2.39. The van der Waals surface area contributed by atoms with E-state index in [1.54, 1.807) is 23.1 Å². The molecule has 0 saturated heterocycles. The second-order valence-electron chi connectivity index (χ2n) is 5.24. The van der Waals surface area contributed by atoms with Crippen LogP contribution in [0.4, 0.5) is 0 Å². The first-order chi connectivity index (χ1) is 12.5. The number of rotatable bonds is 7. The first kappa shape index (κ1) is 18.2. The van der Waals surface area contributed by atoms with Crippen molar-refractivity contribution < 1.29 is 17.9 Å². The number of nitrogens with one attached hydrogen (secondary N) is 1. The van der Waals surface area contributed by atoms with Crippen molar-refractivity contribution in [2.75, 3.05) is 13.7 Å². The van der Waals surface area contributed by atoms with Crippen LogP contribution in [-0.4, -0.2) is 42.8 Å². The number of hydrogen-bond acceptors (Lipinski definition) is 7. The number of methoxy groups -OCH3 is 1. The third-order valence-electron chi connectivity index (χ3n) is 3.50. The van der Waals surface area contributed by atoms with Gasteiger partial charge in [-0.25, -0.2) is 27.6 Å². The van der Waals surface area contributed by atoms with E-state index in [0.717, 1.165) is 10.8 Å². The molecule has 8 nitrogen and oxygen atoms in total. The van der Waals surface area contributed by atoms with Crippen LogP contribution in [0.1, 0.15) is 16.1 Å². The summed E-state index contributed by atoms with van der Waals surface area (Å²) in [6.07, 6.45) is 3.92. The molecule has 0 fully saturated rings. The Morgan fingerprint density at radius 2 is 2.08 bits per heavy atom. The molecule has 0 aliphatic heterocycles. The van der Waals surface area contributed by atoms with E-state index in [-0.39, 0.29) is 11.4 Å². The Kier molecular flexibility index (Phi) is 5.45. The number of carbonyl (C=O) groups is 1. The molecule has 0 unspecified atom stereocenters. The Balaban J connectivity index is 1.59. The molecule has 0 aliphatic rings. The fourth-order valence-corrected chi connectivity index (χ4v) is 4.01. The van der Waals surface area contributed by atoms with Crippen molar-refractivity contribution in [1.82, 2.24) is 19.5 Å². The van der Waals surface area contributed by atoms with Crippen molar-refractivity contribution in [3.05, 3.63) is 59.4 Å². The van der Waals surface area contributed by atoms with Crippen LogP contribution in [0.5, 0.6) is 0 Å². The summed E-state index contributed by atoms with van der Waals surface area (Å²) >= 11 is 1.44. The standard InChI is InChI=1S/C16H16N4O4S2/c1-24-15(21)12-3-5-14(6-4-12)26(22,23)18-9-7-13-11-25-16(19-13)20-10-2-8-17-20/h2-6,8,10-11,18H,7,9H2,1H3. The van der Waals surface area contributed by atoms with Gasteiger partial charge in [-0.1, -0.05) is 0 Å². The largest absolute Gasteiger partial charge is 0.465 e. The molecule has 0 spiro atoms. The average molecular weight is 392 g/mol. The first-order valence-electron chi connectivity index (χ1n) is 7.62. The molecule has 2 heterocycles. The summed E-state index contributed by atoms with van der Waals surface area (Å²) in [5.41, 5.74) is 1.07. The molecule has 1 N–H and O–H groups in total. The van der Waals surface area contributed by atoms with Crippen LogP contribution >= 0.6 is 11.3 Å². The van der Waals surface area contributed by atoms with Crippen molar-refractivity contribution in [3.8, 4) is 5.13 Å². The van der Waals surface area contributed by atoms with E-state index in [1.807, 2.05) is 5.38 Å². The Morgan fingerprint density at radius 1 is 1.31 bits per heavy atom. The van der Waals surface area contributed by atoms with Crippen LogP contribution in [-0.2, 0) is 21.2 Å². The number of benzene rings is 1. The number of nitrogens with zero attached hydrogens (tertiary/aromatic N) is 3. The van der Waals surface area contributed by atoms with E-state index in [2.05, 4.69) is 19.5 Å². The molecule has 136 valence electrons. The number of carbonyl (C=O) groups excluding carboxylic acids is 1. The Labute approximate surface area is 154 Å². The van der Waals surface area contributed by atoms with E-state index in [4.69, 9.17) is 0 Å². The van der Waals surface area contributed by atoms with Gasteiger partial charge in [-0.2, -0.15) is 5.10 Å². The van der Waals surface area contributed by atoms with Crippen molar-refractivity contribution in [2.24, 2.45) is 0 Å². The van der Waals surface area contributed by atoms with Crippen LogP contribution in [0, 0.1) is 0 Å². The first-order valence-corrected chi connectivity index (χ1v) is 9.98. The lowest BCUT2D eigenvalue weighted by atomic mass is 10.2. The zero-order valence-electron chi connectivity index (χ0n) is 13.8.